The van der Waals surface area contributed by atoms with Crippen molar-refractivity contribution in [3.63, 3.8) is 0 Å². The molecule has 1 aromatic carbocycles. The van der Waals surface area contributed by atoms with Gasteiger partial charge in [0.25, 0.3) is 5.22 Å². The fourth-order valence-corrected chi connectivity index (χ4v) is 2.78. The zero-order valence-corrected chi connectivity index (χ0v) is 12.2. The number of nitrogens with zero attached hydrogens (tertiary/aromatic N) is 4. The van der Waals surface area contributed by atoms with Gasteiger partial charge in [-0.05, 0) is 29.8 Å². The molecule has 0 aliphatic rings. The normalized spacial score (nSPS) is 11.1. The molecule has 0 fully saturated rings. The molecule has 0 aliphatic carbocycles. The lowest BCUT2D eigenvalue weighted by Crippen LogP contribution is -1.81. The third-order valence-corrected chi connectivity index (χ3v) is 4.05. The highest BCUT2D eigenvalue weighted by Crippen LogP contribution is 2.26. The molecule has 22 heavy (non-hydrogen) atoms. The monoisotopic (exact) mass is 309 g/mol. The smallest absolute Gasteiger partial charge is 0.277 e. The minimum Gasteiger partial charge on any atom is -0.411 e. The van der Waals surface area contributed by atoms with Crippen LogP contribution in [0.3, 0.4) is 0 Å². The summed E-state index contributed by atoms with van der Waals surface area (Å²) in [6.45, 7) is 0. The van der Waals surface area contributed by atoms with E-state index in [1.165, 1.54) is 11.8 Å². The standard InChI is InChI=1S/C15H11N5OS/c1-2-10(7-16-5-1)8-22-15-20-19-14(21-15)11-3-4-12-13(6-11)18-9-17-12/h1-7,9H,8H2,(H,17,18). The quantitative estimate of drug-likeness (QED) is 0.583. The summed E-state index contributed by atoms with van der Waals surface area (Å²) in [7, 11) is 0. The lowest BCUT2D eigenvalue weighted by molar-refractivity contribution is 0.466. The van der Waals surface area contributed by atoms with E-state index < -0.39 is 0 Å². The van der Waals surface area contributed by atoms with Gasteiger partial charge < -0.3 is 9.40 Å². The van der Waals surface area contributed by atoms with Gasteiger partial charge in [0.2, 0.25) is 5.89 Å². The summed E-state index contributed by atoms with van der Waals surface area (Å²) in [6, 6.07) is 9.74. The number of fused-ring (bicyclic) bond motifs is 1. The zero-order valence-electron chi connectivity index (χ0n) is 11.4. The Bertz CT molecular complexity index is 902. The van der Waals surface area contributed by atoms with Gasteiger partial charge in [0, 0.05) is 23.7 Å². The van der Waals surface area contributed by atoms with E-state index in [0.29, 0.717) is 11.1 Å². The molecular weight excluding hydrogens is 298 g/mol. The van der Waals surface area contributed by atoms with Crippen molar-refractivity contribution in [3.05, 3.63) is 54.6 Å². The molecule has 6 nitrogen and oxygen atoms in total. The molecule has 4 rings (SSSR count). The number of benzene rings is 1. The Balaban J connectivity index is 1.53. The summed E-state index contributed by atoms with van der Waals surface area (Å²) in [6.07, 6.45) is 5.25. The van der Waals surface area contributed by atoms with Gasteiger partial charge in [-0.25, -0.2) is 4.98 Å². The average Bonchev–Trinajstić information content (AvgIpc) is 3.22. The molecule has 108 valence electrons. The summed E-state index contributed by atoms with van der Waals surface area (Å²) in [5, 5.41) is 8.71. The van der Waals surface area contributed by atoms with Crippen LogP contribution in [0, 0.1) is 0 Å². The maximum atomic E-state index is 5.70. The Kier molecular flexibility index (Phi) is 3.32. The van der Waals surface area contributed by atoms with E-state index in [-0.39, 0.29) is 0 Å². The second-order valence-electron chi connectivity index (χ2n) is 4.66. The highest BCUT2D eigenvalue weighted by Gasteiger charge is 2.10. The molecular formula is C15H11N5OS. The van der Waals surface area contributed by atoms with E-state index >= 15 is 0 Å². The Morgan fingerprint density at radius 1 is 1.18 bits per heavy atom. The largest absolute Gasteiger partial charge is 0.411 e. The van der Waals surface area contributed by atoms with Crippen molar-refractivity contribution >= 4 is 22.8 Å². The van der Waals surface area contributed by atoms with Crippen LogP contribution in [0.4, 0.5) is 0 Å². The molecule has 3 aromatic heterocycles. The predicted octanol–water partition coefficient (Wildman–Crippen LogP) is 3.30. The summed E-state index contributed by atoms with van der Waals surface area (Å²) in [5.74, 6) is 1.24. The van der Waals surface area contributed by atoms with Gasteiger partial charge in [0.05, 0.1) is 17.4 Å². The highest BCUT2D eigenvalue weighted by atomic mass is 32.2. The SMILES string of the molecule is c1cncc(CSc2nnc(-c3ccc4[nH]cnc4c3)o2)c1. The highest BCUT2D eigenvalue weighted by molar-refractivity contribution is 7.98. The maximum Gasteiger partial charge on any atom is 0.277 e. The zero-order chi connectivity index (χ0) is 14.8. The maximum absolute atomic E-state index is 5.70. The third kappa shape index (κ3) is 2.58. The van der Waals surface area contributed by atoms with E-state index in [1.807, 2.05) is 36.5 Å². The third-order valence-electron chi connectivity index (χ3n) is 3.16. The Morgan fingerprint density at radius 3 is 3.09 bits per heavy atom. The Labute approximate surface area is 130 Å². The number of aromatic nitrogens is 5. The summed E-state index contributed by atoms with van der Waals surface area (Å²) in [5.41, 5.74) is 3.83. The molecule has 0 radical (unpaired) electrons. The molecule has 0 saturated heterocycles. The average molecular weight is 309 g/mol. The van der Waals surface area contributed by atoms with Crippen molar-refractivity contribution in [3.8, 4) is 11.5 Å². The van der Waals surface area contributed by atoms with Crippen molar-refractivity contribution in [2.75, 3.05) is 0 Å². The van der Waals surface area contributed by atoms with E-state index in [0.717, 1.165) is 27.9 Å². The first-order valence-electron chi connectivity index (χ1n) is 6.67. The number of thioether (sulfide) groups is 1. The number of pyridine rings is 1. The first-order chi connectivity index (χ1) is 10.9. The number of hydrogen-bond donors (Lipinski definition) is 1. The molecule has 0 atom stereocenters. The second-order valence-corrected chi connectivity index (χ2v) is 5.58. The fourth-order valence-electron chi connectivity index (χ4n) is 2.08. The summed E-state index contributed by atoms with van der Waals surface area (Å²) < 4.78 is 5.70. The van der Waals surface area contributed by atoms with Crippen molar-refractivity contribution in [2.24, 2.45) is 0 Å². The van der Waals surface area contributed by atoms with Gasteiger partial charge in [0.15, 0.2) is 0 Å². The molecule has 0 aliphatic heterocycles. The van der Waals surface area contributed by atoms with Crippen LogP contribution in [-0.4, -0.2) is 25.1 Å². The van der Waals surface area contributed by atoms with Crippen molar-refractivity contribution in [2.45, 2.75) is 11.0 Å². The van der Waals surface area contributed by atoms with Gasteiger partial charge in [-0.2, -0.15) is 0 Å². The van der Waals surface area contributed by atoms with Crippen LogP contribution < -0.4 is 0 Å². The van der Waals surface area contributed by atoms with Gasteiger partial charge in [-0.3, -0.25) is 4.98 Å². The first-order valence-corrected chi connectivity index (χ1v) is 7.66. The number of hydrogen-bond acceptors (Lipinski definition) is 6. The van der Waals surface area contributed by atoms with Crippen LogP contribution in [0.25, 0.3) is 22.5 Å². The molecule has 4 aromatic rings. The number of aromatic amines is 1. The lowest BCUT2D eigenvalue weighted by Gasteiger charge is -1.96. The summed E-state index contributed by atoms with van der Waals surface area (Å²) in [4.78, 5) is 11.4. The molecule has 0 bridgehead atoms. The topological polar surface area (TPSA) is 80.5 Å². The van der Waals surface area contributed by atoms with E-state index in [1.54, 1.807) is 12.5 Å². The predicted molar refractivity (Wildman–Crippen MR) is 83.2 cm³/mol. The number of rotatable bonds is 4. The van der Waals surface area contributed by atoms with Gasteiger partial charge in [0.1, 0.15) is 0 Å². The Morgan fingerprint density at radius 2 is 2.18 bits per heavy atom. The Hall–Kier alpha value is -2.67. The van der Waals surface area contributed by atoms with Crippen LogP contribution in [0.1, 0.15) is 5.56 Å². The lowest BCUT2D eigenvalue weighted by atomic mass is 10.2. The minimum absolute atomic E-state index is 0.499. The van der Waals surface area contributed by atoms with Crippen LogP contribution in [0.2, 0.25) is 0 Å². The van der Waals surface area contributed by atoms with Crippen LogP contribution >= 0.6 is 11.8 Å². The van der Waals surface area contributed by atoms with Crippen LogP contribution in [0.5, 0.6) is 0 Å². The summed E-state index contributed by atoms with van der Waals surface area (Å²) >= 11 is 1.49. The van der Waals surface area contributed by atoms with Crippen LogP contribution in [0.15, 0.2) is 58.7 Å². The van der Waals surface area contributed by atoms with Gasteiger partial charge in [-0.15, -0.1) is 10.2 Å². The van der Waals surface area contributed by atoms with Gasteiger partial charge in [-0.1, -0.05) is 17.8 Å². The molecule has 3 heterocycles. The van der Waals surface area contributed by atoms with Crippen molar-refractivity contribution in [1.82, 2.24) is 25.1 Å². The molecule has 0 unspecified atom stereocenters. The molecule has 0 amide bonds. The van der Waals surface area contributed by atoms with E-state index in [4.69, 9.17) is 4.42 Å². The number of imidazole rings is 1. The fraction of sp³-hybridized carbons (Fsp3) is 0.0667. The minimum atomic E-state index is 0.499. The molecule has 1 N–H and O–H groups in total. The van der Waals surface area contributed by atoms with Crippen molar-refractivity contribution < 1.29 is 4.42 Å². The van der Waals surface area contributed by atoms with Crippen LogP contribution in [-0.2, 0) is 5.75 Å². The molecule has 7 heteroatoms. The number of nitrogens with one attached hydrogen (secondary N) is 1. The molecule has 0 saturated carbocycles. The first kappa shape index (κ1) is 13.0. The van der Waals surface area contributed by atoms with E-state index in [9.17, 15) is 0 Å². The van der Waals surface area contributed by atoms with E-state index in [2.05, 4.69) is 25.1 Å². The van der Waals surface area contributed by atoms with Gasteiger partial charge >= 0.3 is 0 Å². The molecule has 0 spiro atoms. The van der Waals surface area contributed by atoms with Crippen molar-refractivity contribution in [1.29, 1.82) is 0 Å². The number of H-pyrrole nitrogens is 1. The second kappa shape index (κ2) is 5.61.